The van der Waals surface area contributed by atoms with Crippen LogP contribution in [0, 0.1) is 13.8 Å². The van der Waals surface area contributed by atoms with Crippen molar-refractivity contribution in [3.05, 3.63) is 64.7 Å². The molecule has 5 heteroatoms. The maximum Gasteiger partial charge on any atom is 0.319 e. The van der Waals surface area contributed by atoms with Crippen LogP contribution in [0.3, 0.4) is 0 Å². The molecule has 4 N–H and O–H groups in total. The number of nitrogens with two attached hydrogens (primary N) is 1. The molecule has 0 aromatic heterocycles. The molecule has 0 radical (unpaired) electrons. The van der Waals surface area contributed by atoms with E-state index in [2.05, 4.69) is 16.7 Å². The summed E-state index contributed by atoms with van der Waals surface area (Å²) in [5, 5.41) is 5.47. The number of primary amides is 1. The third-order valence-electron chi connectivity index (χ3n) is 3.34. The minimum Gasteiger partial charge on any atom is -0.366 e. The number of urea groups is 1. The fraction of sp³-hybridized carbons (Fsp3) is 0.176. The number of rotatable bonds is 4. The Morgan fingerprint density at radius 3 is 2.55 bits per heavy atom. The molecule has 0 bridgehead atoms. The highest BCUT2D eigenvalue weighted by molar-refractivity contribution is 5.95. The Kier molecular flexibility index (Phi) is 4.78. The number of hydrogen-bond acceptors (Lipinski definition) is 2. The number of anilines is 1. The Morgan fingerprint density at radius 2 is 1.86 bits per heavy atom. The maximum atomic E-state index is 11.9. The van der Waals surface area contributed by atoms with Crippen molar-refractivity contribution in [2.45, 2.75) is 20.4 Å². The van der Waals surface area contributed by atoms with E-state index in [1.54, 1.807) is 24.3 Å². The quantitative estimate of drug-likeness (QED) is 0.810. The molecule has 0 atom stereocenters. The minimum absolute atomic E-state index is 0.332. The fourth-order valence-corrected chi connectivity index (χ4v) is 2.15. The Labute approximate surface area is 129 Å². The van der Waals surface area contributed by atoms with Gasteiger partial charge in [0.2, 0.25) is 5.91 Å². The van der Waals surface area contributed by atoms with Crippen molar-refractivity contribution in [2.75, 3.05) is 5.32 Å². The summed E-state index contributed by atoms with van der Waals surface area (Å²) in [6.07, 6.45) is 0. The number of carbonyl (C=O) groups excluding carboxylic acids is 2. The van der Waals surface area contributed by atoms with E-state index in [9.17, 15) is 9.59 Å². The first-order chi connectivity index (χ1) is 10.5. The molecule has 22 heavy (non-hydrogen) atoms. The highest BCUT2D eigenvalue weighted by atomic mass is 16.2. The van der Waals surface area contributed by atoms with Crippen molar-refractivity contribution >= 4 is 17.6 Å². The molecule has 3 amide bonds. The average molecular weight is 297 g/mol. The molecule has 2 aromatic carbocycles. The predicted molar refractivity (Wildman–Crippen MR) is 86.7 cm³/mol. The minimum atomic E-state index is -0.528. The van der Waals surface area contributed by atoms with Gasteiger partial charge in [-0.3, -0.25) is 4.79 Å². The summed E-state index contributed by atoms with van der Waals surface area (Å²) >= 11 is 0. The third kappa shape index (κ3) is 4.09. The Bertz CT molecular complexity index is 711. The summed E-state index contributed by atoms with van der Waals surface area (Å²) in [7, 11) is 0. The second-order valence-electron chi connectivity index (χ2n) is 5.18. The van der Waals surface area contributed by atoms with Crippen molar-refractivity contribution in [1.82, 2.24) is 5.32 Å². The van der Waals surface area contributed by atoms with E-state index in [0.717, 1.165) is 11.1 Å². The molecular weight excluding hydrogens is 278 g/mol. The van der Waals surface area contributed by atoms with Crippen molar-refractivity contribution < 1.29 is 9.59 Å². The Hall–Kier alpha value is -2.82. The third-order valence-corrected chi connectivity index (χ3v) is 3.34. The Balaban J connectivity index is 1.95. The highest BCUT2D eigenvalue weighted by Crippen LogP contribution is 2.12. The average Bonchev–Trinajstić information content (AvgIpc) is 2.46. The van der Waals surface area contributed by atoms with Crippen LogP contribution < -0.4 is 16.4 Å². The van der Waals surface area contributed by atoms with Crippen LogP contribution in [-0.4, -0.2) is 11.9 Å². The van der Waals surface area contributed by atoms with Gasteiger partial charge in [-0.1, -0.05) is 29.8 Å². The number of benzene rings is 2. The lowest BCUT2D eigenvalue weighted by Gasteiger charge is -2.10. The maximum absolute atomic E-state index is 11.9. The molecule has 0 aliphatic heterocycles. The number of amides is 3. The number of aryl methyl sites for hydroxylation is 2. The standard InChI is InChI=1S/C17H19N3O2/c1-11-6-7-14(12(2)8-11)10-19-17(22)20-15-5-3-4-13(9-15)16(18)21/h3-9H,10H2,1-2H3,(H2,18,21)(H2,19,20,22). The van der Waals surface area contributed by atoms with E-state index < -0.39 is 5.91 Å². The van der Waals surface area contributed by atoms with Crippen LogP contribution in [0.4, 0.5) is 10.5 Å². The number of hydrogen-bond donors (Lipinski definition) is 3. The van der Waals surface area contributed by atoms with Gasteiger partial charge in [0.1, 0.15) is 0 Å². The summed E-state index contributed by atoms with van der Waals surface area (Å²) in [6.45, 7) is 4.48. The summed E-state index contributed by atoms with van der Waals surface area (Å²) in [4.78, 5) is 23.0. The van der Waals surface area contributed by atoms with Gasteiger partial charge in [0.05, 0.1) is 0 Å². The van der Waals surface area contributed by atoms with Crippen LogP contribution in [0.15, 0.2) is 42.5 Å². The highest BCUT2D eigenvalue weighted by Gasteiger charge is 2.06. The lowest BCUT2D eigenvalue weighted by molar-refractivity contribution is 0.100. The molecule has 0 fully saturated rings. The van der Waals surface area contributed by atoms with Gasteiger partial charge in [-0.25, -0.2) is 4.79 Å². The summed E-state index contributed by atoms with van der Waals surface area (Å²) in [6, 6.07) is 12.3. The second kappa shape index (κ2) is 6.76. The summed E-state index contributed by atoms with van der Waals surface area (Å²) in [5.74, 6) is -0.528. The monoisotopic (exact) mass is 297 g/mol. The van der Waals surface area contributed by atoms with Crippen LogP contribution in [0.2, 0.25) is 0 Å². The van der Waals surface area contributed by atoms with Crippen LogP contribution in [0.5, 0.6) is 0 Å². The SMILES string of the molecule is Cc1ccc(CNC(=O)Nc2cccc(C(N)=O)c2)c(C)c1. The molecule has 114 valence electrons. The molecule has 0 aliphatic rings. The fourth-order valence-electron chi connectivity index (χ4n) is 2.15. The van der Waals surface area contributed by atoms with Gasteiger partial charge in [-0.05, 0) is 43.2 Å². The van der Waals surface area contributed by atoms with Crippen LogP contribution in [0.25, 0.3) is 0 Å². The van der Waals surface area contributed by atoms with E-state index in [1.807, 2.05) is 26.0 Å². The topological polar surface area (TPSA) is 84.2 Å². The zero-order chi connectivity index (χ0) is 16.1. The summed E-state index contributed by atoms with van der Waals surface area (Å²) in [5.41, 5.74) is 9.47. The lowest BCUT2D eigenvalue weighted by atomic mass is 10.1. The largest absolute Gasteiger partial charge is 0.366 e. The van der Waals surface area contributed by atoms with Gasteiger partial charge in [0.25, 0.3) is 0 Å². The van der Waals surface area contributed by atoms with Crippen LogP contribution in [0.1, 0.15) is 27.0 Å². The van der Waals surface area contributed by atoms with Gasteiger partial charge in [-0.2, -0.15) is 0 Å². The van der Waals surface area contributed by atoms with Gasteiger partial charge in [-0.15, -0.1) is 0 Å². The van der Waals surface area contributed by atoms with E-state index in [0.29, 0.717) is 17.8 Å². The van der Waals surface area contributed by atoms with Crippen molar-refractivity contribution in [2.24, 2.45) is 5.73 Å². The van der Waals surface area contributed by atoms with Gasteiger partial charge in [0.15, 0.2) is 0 Å². The predicted octanol–water partition coefficient (Wildman–Crippen LogP) is 2.72. The second-order valence-corrected chi connectivity index (χ2v) is 5.18. The molecule has 2 rings (SSSR count). The first kappa shape index (κ1) is 15.6. The normalized spacial score (nSPS) is 10.1. The van der Waals surface area contributed by atoms with Crippen LogP contribution >= 0.6 is 0 Å². The molecule has 5 nitrogen and oxygen atoms in total. The molecule has 0 aliphatic carbocycles. The van der Waals surface area contributed by atoms with Crippen LogP contribution in [-0.2, 0) is 6.54 Å². The van der Waals surface area contributed by atoms with E-state index >= 15 is 0 Å². The summed E-state index contributed by atoms with van der Waals surface area (Å²) < 4.78 is 0. The molecule has 0 spiro atoms. The molecule has 0 unspecified atom stereocenters. The van der Waals surface area contributed by atoms with Crippen molar-refractivity contribution in [1.29, 1.82) is 0 Å². The molecule has 0 saturated heterocycles. The van der Waals surface area contributed by atoms with E-state index in [-0.39, 0.29) is 6.03 Å². The first-order valence-electron chi connectivity index (χ1n) is 6.96. The number of nitrogens with one attached hydrogen (secondary N) is 2. The van der Waals surface area contributed by atoms with Gasteiger partial charge < -0.3 is 16.4 Å². The zero-order valence-corrected chi connectivity index (χ0v) is 12.6. The molecule has 0 heterocycles. The Morgan fingerprint density at radius 1 is 1.09 bits per heavy atom. The van der Waals surface area contributed by atoms with E-state index in [1.165, 1.54) is 5.56 Å². The molecule has 0 saturated carbocycles. The molecule has 2 aromatic rings. The van der Waals surface area contributed by atoms with Crippen molar-refractivity contribution in [3.8, 4) is 0 Å². The molecular formula is C17H19N3O2. The van der Waals surface area contributed by atoms with E-state index in [4.69, 9.17) is 5.73 Å². The van der Waals surface area contributed by atoms with Gasteiger partial charge in [0, 0.05) is 17.8 Å². The lowest BCUT2D eigenvalue weighted by Crippen LogP contribution is -2.28. The smallest absolute Gasteiger partial charge is 0.319 e. The van der Waals surface area contributed by atoms with Crippen molar-refractivity contribution in [3.63, 3.8) is 0 Å². The van der Waals surface area contributed by atoms with Gasteiger partial charge >= 0.3 is 6.03 Å². The zero-order valence-electron chi connectivity index (χ0n) is 12.6. The first-order valence-corrected chi connectivity index (χ1v) is 6.96. The number of carbonyl (C=O) groups is 2.